The van der Waals surface area contributed by atoms with Crippen LogP contribution < -0.4 is 5.43 Å². The van der Waals surface area contributed by atoms with Crippen molar-refractivity contribution in [3.05, 3.63) is 52.4 Å². The first-order valence-corrected chi connectivity index (χ1v) is 4.39. The monoisotopic (exact) mass is 197 g/mol. The van der Waals surface area contributed by atoms with Crippen LogP contribution in [0.4, 0.5) is 0 Å². The molecule has 1 aromatic carbocycles. The molecule has 0 N–H and O–H groups in total. The van der Waals surface area contributed by atoms with Gasteiger partial charge in [0.2, 0.25) is 0 Å². The highest BCUT2D eigenvalue weighted by Gasteiger charge is 1.99. The maximum absolute atomic E-state index is 11.5. The standard InChI is InChI=1S/C12H7NO2/c13-6-1-2-9-3-4-12-10(8-9)11(14)5-7-15-12/h1-5,7-8H. The van der Waals surface area contributed by atoms with Crippen molar-refractivity contribution in [2.24, 2.45) is 0 Å². The number of nitriles is 1. The Morgan fingerprint density at radius 1 is 1.33 bits per heavy atom. The topological polar surface area (TPSA) is 54.0 Å². The van der Waals surface area contributed by atoms with Gasteiger partial charge in [0.05, 0.1) is 17.7 Å². The zero-order valence-electron chi connectivity index (χ0n) is 7.81. The van der Waals surface area contributed by atoms with E-state index in [9.17, 15) is 4.79 Å². The van der Waals surface area contributed by atoms with E-state index >= 15 is 0 Å². The minimum Gasteiger partial charge on any atom is -0.464 e. The minimum absolute atomic E-state index is 0.0801. The van der Waals surface area contributed by atoms with E-state index < -0.39 is 0 Å². The Hall–Kier alpha value is -2.34. The Kier molecular flexibility index (Phi) is 2.34. The molecule has 0 saturated heterocycles. The second-order valence-corrected chi connectivity index (χ2v) is 3.00. The molecule has 3 heteroatoms. The molecule has 0 atom stereocenters. The van der Waals surface area contributed by atoms with Crippen LogP contribution in [-0.4, -0.2) is 0 Å². The van der Waals surface area contributed by atoms with Crippen LogP contribution in [0.5, 0.6) is 0 Å². The Morgan fingerprint density at radius 2 is 2.20 bits per heavy atom. The van der Waals surface area contributed by atoms with Gasteiger partial charge in [0.15, 0.2) is 5.43 Å². The van der Waals surface area contributed by atoms with Crippen LogP contribution in [-0.2, 0) is 0 Å². The molecular weight excluding hydrogens is 190 g/mol. The van der Waals surface area contributed by atoms with E-state index in [1.807, 2.05) is 6.07 Å². The van der Waals surface area contributed by atoms with Crippen molar-refractivity contribution in [1.82, 2.24) is 0 Å². The van der Waals surface area contributed by atoms with E-state index in [1.165, 1.54) is 18.4 Å². The summed E-state index contributed by atoms with van der Waals surface area (Å²) in [6, 6.07) is 8.48. The van der Waals surface area contributed by atoms with E-state index in [2.05, 4.69) is 0 Å². The molecule has 1 heterocycles. The highest BCUT2D eigenvalue weighted by molar-refractivity contribution is 5.79. The molecule has 0 radical (unpaired) electrons. The number of fused-ring (bicyclic) bond motifs is 1. The summed E-state index contributed by atoms with van der Waals surface area (Å²) >= 11 is 0. The first-order valence-electron chi connectivity index (χ1n) is 4.39. The number of hydrogen-bond donors (Lipinski definition) is 0. The predicted molar refractivity (Wildman–Crippen MR) is 57.1 cm³/mol. The van der Waals surface area contributed by atoms with Crippen LogP contribution in [0.2, 0.25) is 0 Å². The lowest BCUT2D eigenvalue weighted by Gasteiger charge is -1.96. The van der Waals surface area contributed by atoms with Crippen molar-refractivity contribution in [3.63, 3.8) is 0 Å². The van der Waals surface area contributed by atoms with Gasteiger partial charge in [-0.15, -0.1) is 0 Å². The SMILES string of the molecule is N#CC=Cc1ccc2occc(=O)c2c1. The van der Waals surface area contributed by atoms with Crippen LogP contribution >= 0.6 is 0 Å². The van der Waals surface area contributed by atoms with Gasteiger partial charge in [-0.25, -0.2) is 0 Å². The molecule has 0 fully saturated rings. The second-order valence-electron chi connectivity index (χ2n) is 3.00. The zero-order valence-corrected chi connectivity index (χ0v) is 7.81. The van der Waals surface area contributed by atoms with Gasteiger partial charge >= 0.3 is 0 Å². The molecule has 0 aliphatic carbocycles. The van der Waals surface area contributed by atoms with Gasteiger partial charge in [0.25, 0.3) is 0 Å². The highest BCUT2D eigenvalue weighted by atomic mass is 16.3. The molecule has 1 aromatic heterocycles. The number of allylic oxidation sites excluding steroid dienone is 1. The van der Waals surface area contributed by atoms with Crippen molar-refractivity contribution < 1.29 is 4.42 Å². The fourth-order valence-electron chi connectivity index (χ4n) is 1.34. The quantitative estimate of drug-likeness (QED) is 0.659. The van der Waals surface area contributed by atoms with Crippen molar-refractivity contribution in [1.29, 1.82) is 5.26 Å². The van der Waals surface area contributed by atoms with Crippen molar-refractivity contribution in [2.45, 2.75) is 0 Å². The fraction of sp³-hybridized carbons (Fsp3) is 0. The lowest BCUT2D eigenvalue weighted by Crippen LogP contribution is -1.97. The summed E-state index contributed by atoms with van der Waals surface area (Å²) in [7, 11) is 0. The number of hydrogen-bond acceptors (Lipinski definition) is 3. The van der Waals surface area contributed by atoms with E-state index in [4.69, 9.17) is 9.68 Å². The van der Waals surface area contributed by atoms with Crippen LogP contribution in [0.15, 0.2) is 45.8 Å². The number of rotatable bonds is 1. The summed E-state index contributed by atoms with van der Waals surface area (Å²) in [6.07, 6.45) is 4.38. The first-order chi connectivity index (χ1) is 7.31. The maximum Gasteiger partial charge on any atom is 0.192 e. The Morgan fingerprint density at radius 3 is 3.00 bits per heavy atom. The molecule has 0 saturated carbocycles. The molecule has 0 aliphatic rings. The molecule has 0 amide bonds. The predicted octanol–water partition coefficient (Wildman–Crippen LogP) is 2.33. The normalized spacial score (nSPS) is 10.6. The molecule has 3 nitrogen and oxygen atoms in total. The average Bonchev–Trinajstić information content (AvgIpc) is 2.27. The van der Waals surface area contributed by atoms with Gasteiger partial charge in [-0.3, -0.25) is 4.79 Å². The molecule has 0 aliphatic heterocycles. The van der Waals surface area contributed by atoms with Crippen LogP contribution in [0.1, 0.15) is 5.56 Å². The molecule has 2 rings (SSSR count). The molecule has 15 heavy (non-hydrogen) atoms. The summed E-state index contributed by atoms with van der Waals surface area (Å²) in [6.45, 7) is 0. The van der Waals surface area contributed by atoms with E-state index in [0.29, 0.717) is 11.0 Å². The molecular formula is C12H7NO2. The molecule has 72 valence electrons. The average molecular weight is 197 g/mol. The first kappa shape index (κ1) is 9.22. The molecule has 0 unspecified atom stereocenters. The summed E-state index contributed by atoms with van der Waals surface area (Å²) in [4.78, 5) is 11.5. The van der Waals surface area contributed by atoms with Gasteiger partial charge < -0.3 is 4.42 Å². The highest BCUT2D eigenvalue weighted by Crippen LogP contribution is 2.13. The third-order valence-electron chi connectivity index (χ3n) is 2.03. The minimum atomic E-state index is -0.0801. The second kappa shape index (κ2) is 3.81. The largest absolute Gasteiger partial charge is 0.464 e. The van der Waals surface area contributed by atoms with Gasteiger partial charge in [-0.1, -0.05) is 6.07 Å². The van der Waals surface area contributed by atoms with E-state index in [1.54, 1.807) is 24.3 Å². The lowest BCUT2D eigenvalue weighted by atomic mass is 10.1. The van der Waals surface area contributed by atoms with Crippen molar-refractivity contribution in [2.75, 3.05) is 0 Å². The van der Waals surface area contributed by atoms with E-state index in [-0.39, 0.29) is 5.43 Å². The van der Waals surface area contributed by atoms with Crippen LogP contribution in [0, 0.1) is 11.3 Å². The van der Waals surface area contributed by atoms with Crippen molar-refractivity contribution >= 4 is 17.0 Å². The van der Waals surface area contributed by atoms with Crippen LogP contribution in [0.25, 0.3) is 17.0 Å². The van der Waals surface area contributed by atoms with Gasteiger partial charge in [-0.2, -0.15) is 5.26 Å². The van der Waals surface area contributed by atoms with Gasteiger partial charge in [0, 0.05) is 12.1 Å². The lowest BCUT2D eigenvalue weighted by molar-refractivity contribution is 0.602. The smallest absolute Gasteiger partial charge is 0.192 e. The maximum atomic E-state index is 11.5. The summed E-state index contributed by atoms with van der Waals surface area (Å²) in [5, 5.41) is 8.90. The Bertz CT molecular complexity index is 617. The molecule has 0 spiro atoms. The third-order valence-corrected chi connectivity index (χ3v) is 2.03. The third kappa shape index (κ3) is 1.79. The Balaban J connectivity index is 2.66. The summed E-state index contributed by atoms with van der Waals surface area (Å²) in [5.74, 6) is 0. The number of benzene rings is 1. The van der Waals surface area contributed by atoms with Crippen LogP contribution in [0.3, 0.4) is 0 Å². The Labute approximate surface area is 85.9 Å². The molecule has 2 aromatic rings. The summed E-state index contributed by atoms with van der Waals surface area (Å²) in [5.41, 5.74) is 1.28. The summed E-state index contributed by atoms with van der Waals surface area (Å²) < 4.78 is 5.16. The van der Waals surface area contributed by atoms with Gasteiger partial charge in [0.1, 0.15) is 5.58 Å². The number of nitrogens with zero attached hydrogens (tertiary/aromatic N) is 1. The van der Waals surface area contributed by atoms with Crippen molar-refractivity contribution in [3.8, 4) is 6.07 Å². The van der Waals surface area contributed by atoms with E-state index in [0.717, 1.165) is 5.56 Å². The van der Waals surface area contributed by atoms with Gasteiger partial charge in [-0.05, 0) is 23.8 Å². The fourth-order valence-corrected chi connectivity index (χ4v) is 1.34. The molecule has 0 bridgehead atoms. The zero-order chi connectivity index (χ0) is 10.7.